The summed E-state index contributed by atoms with van der Waals surface area (Å²) < 4.78 is 34.7. The van der Waals surface area contributed by atoms with Crippen molar-refractivity contribution in [1.29, 1.82) is 0 Å². The normalized spacial score (nSPS) is 16.9. The van der Waals surface area contributed by atoms with Gasteiger partial charge in [-0.25, -0.2) is 0 Å². The Bertz CT molecular complexity index is 876. The van der Waals surface area contributed by atoms with Crippen molar-refractivity contribution < 1.29 is 22.4 Å². The lowest BCUT2D eigenvalue weighted by molar-refractivity contribution is 0.226. The minimum Gasteiger partial charge on any atom is -0.504 e. The van der Waals surface area contributed by atoms with E-state index < -0.39 is 16.2 Å². The summed E-state index contributed by atoms with van der Waals surface area (Å²) in [6, 6.07) is 8.05. The first-order valence-electron chi connectivity index (χ1n) is 6.91. The zero-order chi connectivity index (χ0) is 16.8. The molecule has 3 rings (SSSR count). The maximum Gasteiger partial charge on any atom is 0.297 e. The number of benzene rings is 2. The van der Waals surface area contributed by atoms with Crippen molar-refractivity contribution in [2.45, 2.75) is 24.3 Å². The van der Waals surface area contributed by atoms with Crippen molar-refractivity contribution in [3.8, 4) is 11.5 Å². The van der Waals surface area contributed by atoms with Crippen LogP contribution in [-0.2, 0) is 20.7 Å². The molecule has 23 heavy (non-hydrogen) atoms. The molecule has 0 saturated carbocycles. The smallest absolute Gasteiger partial charge is 0.297 e. The predicted octanol–water partition coefficient (Wildman–Crippen LogP) is 3.37. The summed E-state index contributed by atoms with van der Waals surface area (Å²) in [5.41, 5.74) is 2.14. The van der Waals surface area contributed by atoms with E-state index in [1.807, 2.05) is 6.92 Å². The van der Waals surface area contributed by atoms with Gasteiger partial charge in [-0.3, -0.25) is 4.18 Å². The number of ether oxygens (including phenoxy) is 1. The van der Waals surface area contributed by atoms with Crippen LogP contribution in [0.25, 0.3) is 0 Å². The number of phenolic OH excluding ortho intramolecular Hbond substituents is 1. The molecule has 0 fully saturated rings. The molecule has 1 heterocycles. The van der Waals surface area contributed by atoms with Gasteiger partial charge < -0.3 is 9.84 Å². The summed E-state index contributed by atoms with van der Waals surface area (Å²) in [4.78, 5) is 0.0639. The molecule has 0 aliphatic carbocycles. The summed E-state index contributed by atoms with van der Waals surface area (Å²) in [6.45, 7) is 1.86. The number of aromatic hydroxyl groups is 1. The third kappa shape index (κ3) is 2.89. The van der Waals surface area contributed by atoms with Gasteiger partial charge in [-0.1, -0.05) is 29.3 Å². The van der Waals surface area contributed by atoms with Gasteiger partial charge in [0.25, 0.3) is 10.1 Å². The van der Waals surface area contributed by atoms with E-state index in [2.05, 4.69) is 4.18 Å². The van der Waals surface area contributed by atoms with Gasteiger partial charge >= 0.3 is 0 Å². The SMILES string of the molecule is COS(=O)(=O)c1ccc(C)cc1C1Cc2cc(Cl)cc(O)c2O1. The van der Waals surface area contributed by atoms with Crippen LogP contribution >= 0.6 is 11.6 Å². The molecule has 1 atom stereocenters. The first-order valence-corrected chi connectivity index (χ1v) is 8.69. The molecule has 0 aromatic heterocycles. The second-order valence-corrected chi connectivity index (χ2v) is 7.50. The fraction of sp³-hybridized carbons (Fsp3) is 0.250. The topological polar surface area (TPSA) is 72.8 Å². The molecular weight excluding hydrogens is 340 g/mol. The molecule has 122 valence electrons. The van der Waals surface area contributed by atoms with Crippen molar-refractivity contribution in [1.82, 2.24) is 0 Å². The zero-order valence-corrected chi connectivity index (χ0v) is 14.1. The van der Waals surface area contributed by atoms with E-state index in [-0.39, 0.29) is 10.6 Å². The minimum absolute atomic E-state index is 0.0567. The summed E-state index contributed by atoms with van der Waals surface area (Å²) in [5, 5.41) is 10.4. The Hall–Kier alpha value is -1.76. The Morgan fingerprint density at radius 3 is 2.74 bits per heavy atom. The largest absolute Gasteiger partial charge is 0.504 e. The Morgan fingerprint density at radius 1 is 1.30 bits per heavy atom. The zero-order valence-electron chi connectivity index (χ0n) is 12.5. The molecule has 0 saturated heterocycles. The average Bonchev–Trinajstić information content (AvgIpc) is 2.91. The van der Waals surface area contributed by atoms with Crippen molar-refractivity contribution in [2.24, 2.45) is 0 Å². The van der Waals surface area contributed by atoms with Crippen LogP contribution in [0.3, 0.4) is 0 Å². The predicted molar refractivity (Wildman–Crippen MR) is 85.6 cm³/mol. The van der Waals surface area contributed by atoms with Gasteiger partial charge in [0.05, 0.1) is 7.11 Å². The highest BCUT2D eigenvalue weighted by molar-refractivity contribution is 7.86. The number of fused-ring (bicyclic) bond motifs is 1. The Morgan fingerprint density at radius 2 is 2.04 bits per heavy atom. The van der Waals surface area contributed by atoms with Crippen LogP contribution < -0.4 is 4.74 Å². The lowest BCUT2D eigenvalue weighted by atomic mass is 10.0. The number of rotatable bonds is 3. The molecule has 2 aromatic carbocycles. The van der Waals surface area contributed by atoms with E-state index in [4.69, 9.17) is 16.3 Å². The number of hydrogen-bond acceptors (Lipinski definition) is 5. The van der Waals surface area contributed by atoms with Crippen LogP contribution in [0.5, 0.6) is 11.5 Å². The van der Waals surface area contributed by atoms with E-state index in [9.17, 15) is 13.5 Å². The second-order valence-electron chi connectivity index (χ2n) is 5.39. The number of aryl methyl sites for hydroxylation is 1. The fourth-order valence-corrected chi connectivity index (χ4v) is 3.84. The molecule has 0 spiro atoms. The molecule has 2 aromatic rings. The fourth-order valence-electron chi connectivity index (χ4n) is 2.72. The molecule has 0 radical (unpaired) electrons. The third-order valence-electron chi connectivity index (χ3n) is 3.78. The molecular formula is C16H15ClO5S. The van der Waals surface area contributed by atoms with E-state index in [0.717, 1.165) is 18.2 Å². The Kier molecular flexibility index (Phi) is 4.00. The van der Waals surface area contributed by atoms with Gasteiger partial charge in [0.15, 0.2) is 11.5 Å². The lowest BCUT2D eigenvalue weighted by Crippen LogP contribution is -2.12. The molecule has 0 amide bonds. The second kappa shape index (κ2) is 5.70. The summed E-state index contributed by atoms with van der Waals surface area (Å²) in [7, 11) is -2.74. The molecule has 1 aliphatic rings. The van der Waals surface area contributed by atoms with Crippen molar-refractivity contribution >= 4 is 21.7 Å². The standard InChI is InChI=1S/C16H15ClO5S/c1-9-3-4-15(23(19,20)21-2)12(5-9)14-7-10-6-11(17)8-13(18)16(10)22-14/h3-6,8,14,18H,7H2,1-2H3. The lowest BCUT2D eigenvalue weighted by Gasteiger charge is -2.16. The Labute approximate surface area is 139 Å². The third-order valence-corrected chi connectivity index (χ3v) is 5.34. The van der Waals surface area contributed by atoms with Crippen LogP contribution in [0.4, 0.5) is 0 Å². The van der Waals surface area contributed by atoms with Crippen LogP contribution in [0.1, 0.15) is 22.8 Å². The maximum absolute atomic E-state index is 12.1. The highest BCUT2D eigenvalue weighted by atomic mass is 35.5. The molecule has 5 nitrogen and oxygen atoms in total. The summed E-state index contributed by atoms with van der Waals surface area (Å²) in [5.74, 6) is 0.278. The molecule has 0 bridgehead atoms. The molecule has 1 aliphatic heterocycles. The number of halogens is 1. The summed E-state index contributed by atoms with van der Waals surface area (Å²) in [6.07, 6.45) is -0.117. The first kappa shape index (κ1) is 16.1. The van der Waals surface area contributed by atoms with Gasteiger partial charge in [-0.15, -0.1) is 0 Å². The van der Waals surface area contributed by atoms with Gasteiger partial charge in [0.2, 0.25) is 0 Å². The monoisotopic (exact) mass is 354 g/mol. The van der Waals surface area contributed by atoms with Crippen molar-refractivity contribution in [3.05, 3.63) is 52.0 Å². The van der Waals surface area contributed by atoms with Crippen molar-refractivity contribution in [2.75, 3.05) is 7.11 Å². The van der Waals surface area contributed by atoms with Gasteiger partial charge in [-0.2, -0.15) is 8.42 Å². The number of phenols is 1. The van der Waals surface area contributed by atoms with Crippen LogP contribution in [0.2, 0.25) is 5.02 Å². The summed E-state index contributed by atoms with van der Waals surface area (Å²) >= 11 is 5.94. The van der Waals surface area contributed by atoms with E-state index >= 15 is 0 Å². The van der Waals surface area contributed by atoms with Crippen LogP contribution in [-0.4, -0.2) is 20.6 Å². The average molecular weight is 355 g/mol. The van der Waals surface area contributed by atoms with Gasteiger partial charge in [0, 0.05) is 28.6 Å². The molecule has 1 N–H and O–H groups in total. The quantitative estimate of drug-likeness (QED) is 0.855. The van der Waals surface area contributed by atoms with E-state index in [0.29, 0.717) is 22.8 Å². The number of hydrogen-bond donors (Lipinski definition) is 1. The highest BCUT2D eigenvalue weighted by Crippen LogP contribution is 2.45. The molecule has 7 heteroatoms. The highest BCUT2D eigenvalue weighted by Gasteiger charge is 2.32. The van der Waals surface area contributed by atoms with Gasteiger partial charge in [-0.05, 0) is 19.1 Å². The minimum atomic E-state index is -3.86. The van der Waals surface area contributed by atoms with Crippen LogP contribution in [0.15, 0.2) is 35.2 Å². The van der Waals surface area contributed by atoms with E-state index in [1.54, 1.807) is 18.2 Å². The maximum atomic E-state index is 12.1. The van der Waals surface area contributed by atoms with Gasteiger partial charge in [0.1, 0.15) is 11.0 Å². The van der Waals surface area contributed by atoms with Crippen LogP contribution in [0, 0.1) is 6.92 Å². The first-order chi connectivity index (χ1) is 10.8. The molecule has 1 unspecified atom stereocenters. The van der Waals surface area contributed by atoms with Crippen molar-refractivity contribution in [3.63, 3.8) is 0 Å². The van der Waals surface area contributed by atoms with E-state index in [1.165, 1.54) is 12.1 Å². The Balaban J connectivity index is 2.08.